The van der Waals surface area contributed by atoms with Crippen LogP contribution in [0.3, 0.4) is 0 Å². The zero-order valence-corrected chi connectivity index (χ0v) is 13.0. The van der Waals surface area contributed by atoms with Crippen molar-refractivity contribution in [1.82, 2.24) is 14.9 Å². The van der Waals surface area contributed by atoms with Crippen molar-refractivity contribution in [1.29, 1.82) is 0 Å². The molecule has 0 saturated carbocycles. The molecule has 0 aliphatic carbocycles. The lowest BCUT2D eigenvalue weighted by molar-refractivity contribution is 0.251. The van der Waals surface area contributed by atoms with E-state index in [0.29, 0.717) is 12.5 Å². The molecule has 5 nitrogen and oxygen atoms in total. The molecule has 0 bridgehead atoms. The number of amides is 2. The van der Waals surface area contributed by atoms with Crippen molar-refractivity contribution in [2.24, 2.45) is 7.05 Å². The normalized spacial score (nSPS) is 10.7. The Morgan fingerprint density at radius 2 is 2.14 bits per heavy atom. The van der Waals surface area contributed by atoms with Crippen molar-refractivity contribution in [2.75, 3.05) is 5.32 Å². The highest BCUT2D eigenvalue weighted by Gasteiger charge is 2.08. The van der Waals surface area contributed by atoms with Crippen LogP contribution in [0.1, 0.15) is 36.7 Å². The summed E-state index contributed by atoms with van der Waals surface area (Å²) in [5, 5.41) is 5.66. The fraction of sp³-hybridized carbons (Fsp3) is 0.375. The van der Waals surface area contributed by atoms with E-state index in [1.165, 1.54) is 11.1 Å². The van der Waals surface area contributed by atoms with E-state index in [4.69, 9.17) is 0 Å². The number of hydrogen-bond donors (Lipinski definition) is 2. The Morgan fingerprint density at radius 3 is 2.76 bits per heavy atom. The minimum absolute atomic E-state index is 0.225. The summed E-state index contributed by atoms with van der Waals surface area (Å²) in [6.45, 7) is 6.78. The average Bonchev–Trinajstić information content (AvgIpc) is 2.84. The number of urea groups is 1. The highest BCUT2D eigenvalue weighted by atomic mass is 16.2. The molecule has 1 aromatic carbocycles. The van der Waals surface area contributed by atoms with Crippen molar-refractivity contribution >= 4 is 11.7 Å². The van der Waals surface area contributed by atoms with Crippen LogP contribution in [-0.4, -0.2) is 15.6 Å². The number of rotatable bonds is 4. The van der Waals surface area contributed by atoms with Gasteiger partial charge in [-0.1, -0.05) is 19.9 Å². The van der Waals surface area contributed by atoms with E-state index < -0.39 is 0 Å². The van der Waals surface area contributed by atoms with E-state index in [2.05, 4.69) is 36.4 Å². The maximum atomic E-state index is 11.9. The standard InChI is InChI=1S/C16H22N4O/c1-11(2)14-9-13(6-5-12(14)3)19-16(21)18-10-15-17-7-8-20(15)4/h5-9,11H,10H2,1-4H3,(H2,18,19,21). The van der Waals surface area contributed by atoms with Crippen molar-refractivity contribution in [2.45, 2.75) is 33.2 Å². The quantitative estimate of drug-likeness (QED) is 0.907. The van der Waals surface area contributed by atoms with Gasteiger partial charge in [0, 0.05) is 25.1 Å². The minimum Gasteiger partial charge on any atom is -0.337 e. The number of aromatic nitrogens is 2. The summed E-state index contributed by atoms with van der Waals surface area (Å²) in [5.41, 5.74) is 3.29. The molecule has 2 rings (SSSR count). The van der Waals surface area contributed by atoms with Crippen LogP contribution in [0.5, 0.6) is 0 Å². The molecule has 0 radical (unpaired) electrons. The SMILES string of the molecule is Cc1ccc(NC(=O)NCc2nccn2C)cc1C(C)C. The van der Waals surface area contributed by atoms with Crippen molar-refractivity contribution in [3.63, 3.8) is 0 Å². The maximum Gasteiger partial charge on any atom is 0.319 e. The lowest BCUT2D eigenvalue weighted by atomic mass is 9.97. The van der Waals surface area contributed by atoms with E-state index in [9.17, 15) is 4.79 Å². The van der Waals surface area contributed by atoms with Gasteiger partial charge in [-0.25, -0.2) is 9.78 Å². The van der Waals surface area contributed by atoms with Gasteiger partial charge in [-0.2, -0.15) is 0 Å². The summed E-state index contributed by atoms with van der Waals surface area (Å²) >= 11 is 0. The number of aryl methyl sites for hydroxylation is 2. The number of nitrogens with zero attached hydrogens (tertiary/aromatic N) is 2. The molecule has 2 N–H and O–H groups in total. The predicted molar refractivity (Wildman–Crippen MR) is 84.3 cm³/mol. The van der Waals surface area contributed by atoms with Crippen LogP contribution in [0, 0.1) is 6.92 Å². The van der Waals surface area contributed by atoms with Crippen LogP contribution in [0.4, 0.5) is 10.5 Å². The number of imidazole rings is 1. The molecule has 1 heterocycles. The number of carbonyl (C=O) groups is 1. The molecule has 5 heteroatoms. The third-order valence-electron chi connectivity index (χ3n) is 3.49. The summed E-state index contributed by atoms with van der Waals surface area (Å²) < 4.78 is 1.88. The zero-order valence-electron chi connectivity index (χ0n) is 13.0. The molecule has 2 amide bonds. The molecule has 0 unspecified atom stereocenters. The minimum atomic E-state index is -0.225. The second kappa shape index (κ2) is 6.43. The van der Waals surface area contributed by atoms with E-state index in [1.807, 2.05) is 36.0 Å². The van der Waals surface area contributed by atoms with Gasteiger partial charge in [0.15, 0.2) is 0 Å². The Bertz CT molecular complexity index is 631. The van der Waals surface area contributed by atoms with Gasteiger partial charge in [0.2, 0.25) is 0 Å². The largest absolute Gasteiger partial charge is 0.337 e. The monoisotopic (exact) mass is 286 g/mol. The Kier molecular flexibility index (Phi) is 4.62. The summed E-state index contributed by atoms with van der Waals surface area (Å²) in [6, 6.07) is 5.75. The van der Waals surface area contributed by atoms with Gasteiger partial charge in [-0.05, 0) is 36.1 Å². The van der Waals surface area contributed by atoms with Gasteiger partial charge in [-0.15, -0.1) is 0 Å². The zero-order chi connectivity index (χ0) is 15.4. The van der Waals surface area contributed by atoms with E-state index in [-0.39, 0.29) is 6.03 Å². The van der Waals surface area contributed by atoms with Crippen molar-refractivity contribution < 1.29 is 4.79 Å². The topological polar surface area (TPSA) is 59.0 Å². The predicted octanol–water partition coefficient (Wildman–Crippen LogP) is 3.17. The van der Waals surface area contributed by atoms with Crippen LogP contribution >= 0.6 is 0 Å². The van der Waals surface area contributed by atoms with Crippen LogP contribution in [-0.2, 0) is 13.6 Å². The molecule has 21 heavy (non-hydrogen) atoms. The van der Waals surface area contributed by atoms with Gasteiger partial charge in [0.25, 0.3) is 0 Å². The third kappa shape index (κ3) is 3.84. The van der Waals surface area contributed by atoms with Crippen LogP contribution < -0.4 is 10.6 Å². The number of nitrogens with one attached hydrogen (secondary N) is 2. The number of hydrogen-bond acceptors (Lipinski definition) is 2. The lowest BCUT2D eigenvalue weighted by Gasteiger charge is -2.13. The maximum absolute atomic E-state index is 11.9. The van der Waals surface area contributed by atoms with Gasteiger partial charge in [0.1, 0.15) is 5.82 Å². The first-order chi connectivity index (χ1) is 9.97. The number of benzene rings is 1. The van der Waals surface area contributed by atoms with E-state index in [0.717, 1.165) is 11.5 Å². The second-order valence-electron chi connectivity index (χ2n) is 5.49. The molecule has 112 valence electrons. The molecule has 0 spiro atoms. The van der Waals surface area contributed by atoms with Crippen LogP contribution in [0.2, 0.25) is 0 Å². The Hall–Kier alpha value is -2.30. The molecule has 1 aromatic heterocycles. The number of carbonyl (C=O) groups excluding carboxylic acids is 1. The van der Waals surface area contributed by atoms with Crippen molar-refractivity contribution in [3.05, 3.63) is 47.5 Å². The first-order valence-electron chi connectivity index (χ1n) is 7.09. The van der Waals surface area contributed by atoms with E-state index >= 15 is 0 Å². The fourth-order valence-corrected chi connectivity index (χ4v) is 2.24. The Balaban J connectivity index is 1.96. The molecular formula is C16H22N4O. The summed E-state index contributed by atoms with van der Waals surface area (Å²) in [5.74, 6) is 1.25. The molecule has 0 atom stereocenters. The second-order valence-corrected chi connectivity index (χ2v) is 5.49. The molecular weight excluding hydrogens is 264 g/mol. The number of anilines is 1. The molecule has 0 saturated heterocycles. The Morgan fingerprint density at radius 1 is 1.38 bits per heavy atom. The summed E-state index contributed by atoms with van der Waals surface area (Å²) in [4.78, 5) is 16.1. The van der Waals surface area contributed by atoms with Gasteiger partial charge < -0.3 is 15.2 Å². The summed E-state index contributed by atoms with van der Waals surface area (Å²) in [7, 11) is 1.90. The average molecular weight is 286 g/mol. The first kappa shape index (κ1) is 15.1. The summed E-state index contributed by atoms with van der Waals surface area (Å²) in [6.07, 6.45) is 3.56. The molecule has 2 aromatic rings. The van der Waals surface area contributed by atoms with Crippen LogP contribution in [0.25, 0.3) is 0 Å². The van der Waals surface area contributed by atoms with Gasteiger partial charge in [0.05, 0.1) is 6.54 Å². The molecule has 0 aliphatic heterocycles. The van der Waals surface area contributed by atoms with Crippen molar-refractivity contribution in [3.8, 4) is 0 Å². The fourth-order valence-electron chi connectivity index (χ4n) is 2.24. The van der Waals surface area contributed by atoms with E-state index in [1.54, 1.807) is 6.20 Å². The molecule has 0 fully saturated rings. The van der Waals surface area contributed by atoms with Gasteiger partial charge >= 0.3 is 6.03 Å². The first-order valence-corrected chi connectivity index (χ1v) is 7.09. The molecule has 0 aliphatic rings. The van der Waals surface area contributed by atoms with Gasteiger partial charge in [-0.3, -0.25) is 0 Å². The lowest BCUT2D eigenvalue weighted by Crippen LogP contribution is -2.29. The highest BCUT2D eigenvalue weighted by Crippen LogP contribution is 2.22. The van der Waals surface area contributed by atoms with Crippen LogP contribution in [0.15, 0.2) is 30.6 Å². The third-order valence-corrected chi connectivity index (χ3v) is 3.49. The Labute approximate surface area is 125 Å². The highest BCUT2D eigenvalue weighted by molar-refractivity contribution is 5.89. The smallest absolute Gasteiger partial charge is 0.319 e.